The molecule has 3 rings (SSSR count). The lowest BCUT2D eigenvalue weighted by atomic mass is 9.98. The number of nitrogens with one attached hydrogen (secondary N) is 1. The van der Waals surface area contributed by atoms with Gasteiger partial charge in [-0.2, -0.15) is 0 Å². The Morgan fingerprint density at radius 2 is 2.24 bits per heavy atom. The van der Waals surface area contributed by atoms with Crippen LogP contribution in [0.4, 0.5) is 5.69 Å². The maximum absolute atomic E-state index is 11.6. The van der Waals surface area contributed by atoms with E-state index in [1.165, 1.54) is 17.5 Å². The molecule has 90 valence electrons. The van der Waals surface area contributed by atoms with Gasteiger partial charge in [0.1, 0.15) is 0 Å². The van der Waals surface area contributed by atoms with Gasteiger partial charge < -0.3 is 10.2 Å². The highest BCUT2D eigenvalue weighted by Crippen LogP contribution is 2.33. The first-order chi connectivity index (χ1) is 8.15. The SMILES string of the molecule is C[C@@H]1CN[C@H](c2ccc3c(c2)CC(=O)N3C)C1. The Morgan fingerprint density at radius 3 is 2.94 bits per heavy atom. The van der Waals surface area contributed by atoms with Gasteiger partial charge in [-0.1, -0.05) is 19.1 Å². The summed E-state index contributed by atoms with van der Waals surface area (Å²) < 4.78 is 0. The number of benzene rings is 1. The normalized spacial score (nSPS) is 27.6. The lowest BCUT2D eigenvalue weighted by Gasteiger charge is -2.14. The summed E-state index contributed by atoms with van der Waals surface area (Å²) >= 11 is 0. The van der Waals surface area contributed by atoms with Gasteiger partial charge in [0, 0.05) is 18.8 Å². The van der Waals surface area contributed by atoms with E-state index in [-0.39, 0.29) is 5.91 Å². The van der Waals surface area contributed by atoms with Gasteiger partial charge in [-0.05, 0) is 36.1 Å². The van der Waals surface area contributed by atoms with E-state index >= 15 is 0 Å². The topological polar surface area (TPSA) is 32.3 Å². The molecule has 0 aromatic heterocycles. The Balaban J connectivity index is 1.90. The quantitative estimate of drug-likeness (QED) is 0.799. The summed E-state index contributed by atoms with van der Waals surface area (Å²) in [5, 5.41) is 3.54. The molecule has 1 aromatic rings. The number of hydrogen-bond donors (Lipinski definition) is 1. The van der Waals surface area contributed by atoms with Crippen molar-refractivity contribution in [2.75, 3.05) is 18.5 Å². The average Bonchev–Trinajstić information content (AvgIpc) is 2.85. The van der Waals surface area contributed by atoms with Crippen LogP contribution >= 0.6 is 0 Å². The zero-order valence-electron chi connectivity index (χ0n) is 10.4. The van der Waals surface area contributed by atoms with Gasteiger partial charge in [-0.15, -0.1) is 0 Å². The molecule has 2 aliphatic heterocycles. The van der Waals surface area contributed by atoms with Crippen molar-refractivity contribution in [3.8, 4) is 0 Å². The molecule has 3 heteroatoms. The van der Waals surface area contributed by atoms with Gasteiger partial charge in [0.15, 0.2) is 0 Å². The molecule has 0 spiro atoms. The molecular weight excluding hydrogens is 212 g/mol. The minimum atomic E-state index is 0.199. The van der Waals surface area contributed by atoms with Crippen LogP contribution in [0.2, 0.25) is 0 Å². The first kappa shape index (κ1) is 10.8. The molecule has 0 bridgehead atoms. The fourth-order valence-electron chi connectivity index (χ4n) is 2.87. The van der Waals surface area contributed by atoms with Gasteiger partial charge in [-0.3, -0.25) is 4.79 Å². The van der Waals surface area contributed by atoms with E-state index < -0.39 is 0 Å². The molecule has 2 aliphatic rings. The standard InChI is InChI=1S/C14H18N2O/c1-9-5-12(15-8-9)10-3-4-13-11(6-10)7-14(17)16(13)2/h3-4,6,9,12,15H,5,7-8H2,1-2H3/t9-,12-/m0/s1. The van der Waals surface area contributed by atoms with Crippen LogP contribution < -0.4 is 10.2 Å². The minimum absolute atomic E-state index is 0.199. The fraction of sp³-hybridized carbons (Fsp3) is 0.500. The second-order valence-electron chi connectivity index (χ2n) is 5.32. The smallest absolute Gasteiger partial charge is 0.231 e. The Labute approximate surface area is 102 Å². The number of carbonyl (C=O) groups excluding carboxylic acids is 1. The summed E-state index contributed by atoms with van der Waals surface area (Å²) in [6.07, 6.45) is 1.75. The summed E-state index contributed by atoms with van der Waals surface area (Å²) in [4.78, 5) is 13.4. The van der Waals surface area contributed by atoms with Crippen LogP contribution in [-0.2, 0) is 11.2 Å². The van der Waals surface area contributed by atoms with E-state index in [1.54, 1.807) is 4.90 Å². The number of carbonyl (C=O) groups is 1. The molecule has 0 unspecified atom stereocenters. The van der Waals surface area contributed by atoms with E-state index in [0.29, 0.717) is 12.5 Å². The molecule has 0 saturated carbocycles. The van der Waals surface area contributed by atoms with Crippen LogP contribution in [-0.4, -0.2) is 19.5 Å². The molecule has 1 aromatic carbocycles. The maximum atomic E-state index is 11.6. The maximum Gasteiger partial charge on any atom is 0.231 e. The number of rotatable bonds is 1. The van der Waals surface area contributed by atoms with E-state index in [9.17, 15) is 4.79 Å². The number of nitrogens with zero attached hydrogens (tertiary/aromatic N) is 1. The number of amides is 1. The lowest BCUT2D eigenvalue weighted by molar-refractivity contribution is -0.117. The van der Waals surface area contributed by atoms with Crippen molar-refractivity contribution in [2.45, 2.75) is 25.8 Å². The summed E-state index contributed by atoms with van der Waals surface area (Å²) in [5.41, 5.74) is 3.58. The monoisotopic (exact) mass is 230 g/mol. The third kappa shape index (κ3) is 1.75. The van der Waals surface area contributed by atoms with Crippen LogP contribution in [0.5, 0.6) is 0 Å². The number of likely N-dealkylation sites (N-methyl/N-ethyl adjacent to an activating group) is 1. The van der Waals surface area contributed by atoms with Gasteiger partial charge in [0.2, 0.25) is 5.91 Å². The highest BCUT2D eigenvalue weighted by atomic mass is 16.2. The van der Waals surface area contributed by atoms with Crippen molar-refractivity contribution in [2.24, 2.45) is 5.92 Å². The van der Waals surface area contributed by atoms with Crippen LogP contribution in [0.3, 0.4) is 0 Å². The molecule has 1 N–H and O–H groups in total. The number of hydrogen-bond acceptors (Lipinski definition) is 2. The zero-order valence-corrected chi connectivity index (χ0v) is 10.4. The summed E-state index contributed by atoms with van der Waals surface area (Å²) in [7, 11) is 1.85. The fourth-order valence-corrected chi connectivity index (χ4v) is 2.87. The molecule has 2 heterocycles. The highest BCUT2D eigenvalue weighted by molar-refractivity contribution is 6.00. The van der Waals surface area contributed by atoms with Crippen LogP contribution in [0, 0.1) is 5.92 Å². The third-order valence-corrected chi connectivity index (χ3v) is 3.93. The van der Waals surface area contributed by atoms with Gasteiger partial charge in [0.05, 0.1) is 6.42 Å². The second-order valence-corrected chi connectivity index (χ2v) is 5.32. The predicted molar refractivity (Wildman–Crippen MR) is 68.1 cm³/mol. The summed E-state index contributed by atoms with van der Waals surface area (Å²) in [6.45, 7) is 3.37. The average molecular weight is 230 g/mol. The van der Waals surface area contributed by atoms with E-state index in [1.807, 2.05) is 7.05 Å². The predicted octanol–water partition coefficient (Wildman–Crippen LogP) is 1.88. The molecule has 0 radical (unpaired) electrons. The molecular formula is C14H18N2O. The van der Waals surface area contributed by atoms with Crippen molar-refractivity contribution in [1.82, 2.24) is 5.32 Å². The Bertz CT molecular complexity index is 469. The zero-order chi connectivity index (χ0) is 12.0. The van der Waals surface area contributed by atoms with Crippen molar-refractivity contribution in [3.63, 3.8) is 0 Å². The van der Waals surface area contributed by atoms with Crippen molar-refractivity contribution in [1.29, 1.82) is 0 Å². The van der Waals surface area contributed by atoms with E-state index in [4.69, 9.17) is 0 Å². The first-order valence-electron chi connectivity index (χ1n) is 6.28. The highest BCUT2D eigenvalue weighted by Gasteiger charge is 2.27. The molecule has 2 atom stereocenters. The van der Waals surface area contributed by atoms with E-state index in [2.05, 4.69) is 30.4 Å². The molecule has 3 nitrogen and oxygen atoms in total. The summed E-state index contributed by atoms with van der Waals surface area (Å²) in [5.74, 6) is 0.947. The van der Waals surface area contributed by atoms with Crippen LogP contribution in [0.25, 0.3) is 0 Å². The van der Waals surface area contributed by atoms with Crippen LogP contribution in [0.15, 0.2) is 18.2 Å². The van der Waals surface area contributed by atoms with Gasteiger partial charge in [0.25, 0.3) is 0 Å². The Morgan fingerprint density at radius 1 is 1.41 bits per heavy atom. The Kier molecular flexibility index (Phi) is 2.44. The molecule has 17 heavy (non-hydrogen) atoms. The number of anilines is 1. The third-order valence-electron chi connectivity index (χ3n) is 3.93. The lowest BCUT2D eigenvalue weighted by Crippen LogP contribution is -2.20. The van der Waals surface area contributed by atoms with E-state index in [0.717, 1.165) is 18.2 Å². The molecule has 1 saturated heterocycles. The molecule has 1 amide bonds. The van der Waals surface area contributed by atoms with Crippen LogP contribution in [0.1, 0.15) is 30.5 Å². The van der Waals surface area contributed by atoms with Crippen molar-refractivity contribution >= 4 is 11.6 Å². The first-order valence-corrected chi connectivity index (χ1v) is 6.28. The molecule has 0 aliphatic carbocycles. The van der Waals surface area contributed by atoms with Crippen molar-refractivity contribution < 1.29 is 4.79 Å². The Hall–Kier alpha value is -1.35. The number of fused-ring (bicyclic) bond motifs is 1. The minimum Gasteiger partial charge on any atom is -0.315 e. The van der Waals surface area contributed by atoms with Gasteiger partial charge >= 0.3 is 0 Å². The molecule has 1 fully saturated rings. The van der Waals surface area contributed by atoms with Crippen molar-refractivity contribution in [3.05, 3.63) is 29.3 Å². The second kappa shape index (κ2) is 3.84. The summed E-state index contributed by atoms with van der Waals surface area (Å²) in [6, 6.07) is 6.91. The largest absolute Gasteiger partial charge is 0.315 e. The van der Waals surface area contributed by atoms with Gasteiger partial charge in [-0.25, -0.2) is 0 Å².